The molecule has 7 heteroatoms. The Balaban J connectivity index is 1.24. The highest BCUT2D eigenvalue weighted by Crippen LogP contribution is 2.33. The number of aromatic nitrogens is 7. The van der Waals surface area contributed by atoms with Gasteiger partial charge in [0.05, 0.1) is 28.9 Å². The van der Waals surface area contributed by atoms with Crippen molar-refractivity contribution in [3.63, 3.8) is 0 Å². The van der Waals surface area contributed by atoms with Gasteiger partial charge in [-0.05, 0) is 66.8 Å². The second kappa shape index (κ2) is 9.12. The predicted molar refractivity (Wildman–Crippen MR) is 150 cm³/mol. The Kier molecular flexibility index (Phi) is 5.32. The van der Waals surface area contributed by atoms with Crippen LogP contribution in [0.5, 0.6) is 0 Å². The molecule has 7 aromatic rings. The van der Waals surface area contributed by atoms with Crippen LogP contribution >= 0.6 is 0 Å². The van der Waals surface area contributed by atoms with Gasteiger partial charge >= 0.3 is 0 Å². The molecular weight excluding hydrogens is 470 g/mol. The van der Waals surface area contributed by atoms with Crippen LogP contribution in [0.2, 0.25) is 0 Å². The molecule has 38 heavy (non-hydrogen) atoms. The fourth-order valence-electron chi connectivity index (χ4n) is 5.03. The highest BCUT2D eigenvalue weighted by molar-refractivity contribution is 5.98. The molecule has 5 aromatic heterocycles. The maximum atomic E-state index is 4.66. The van der Waals surface area contributed by atoms with Crippen LogP contribution in [0, 0.1) is 6.92 Å². The van der Waals surface area contributed by atoms with Crippen LogP contribution in [0.25, 0.3) is 50.1 Å². The number of hydrogen-bond donors (Lipinski definition) is 2. The SMILES string of the molecule is Cc1cn(-c2ccnc3[nH]c(-c4n[nH]c5ccc(-c6cncc(CCc7ccccc7)c6)cc45)cc23)cn1. The molecule has 2 N–H and O–H groups in total. The highest BCUT2D eigenvalue weighted by atomic mass is 15.1. The van der Waals surface area contributed by atoms with Crippen molar-refractivity contribution >= 4 is 21.9 Å². The van der Waals surface area contributed by atoms with Crippen molar-refractivity contribution in [3.8, 4) is 28.2 Å². The van der Waals surface area contributed by atoms with Gasteiger partial charge in [0.15, 0.2) is 0 Å². The van der Waals surface area contributed by atoms with E-state index in [1.165, 1.54) is 11.1 Å². The van der Waals surface area contributed by atoms with Crippen LogP contribution in [-0.2, 0) is 12.8 Å². The van der Waals surface area contributed by atoms with E-state index >= 15 is 0 Å². The van der Waals surface area contributed by atoms with Gasteiger partial charge in [0.1, 0.15) is 11.3 Å². The quantitative estimate of drug-likeness (QED) is 0.278. The van der Waals surface area contributed by atoms with Gasteiger partial charge in [0, 0.05) is 41.1 Å². The first-order valence-corrected chi connectivity index (χ1v) is 12.7. The number of aryl methyl sites for hydroxylation is 3. The van der Waals surface area contributed by atoms with E-state index in [1.807, 2.05) is 48.7 Å². The first kappa shape index (κ1) is 22.2. The Hall–Kier alpha value is -5.04. The minimum Gasteiger partial charge on any atom is -0.338 e. The van der Waals surface area contributed by atoms with E-state index in [0.29, 0.717) is 0 Å². The first-order valence-electron chi connectivity index (χ1n) is 12.7. The molecule has 0 aliphatic carbocycles. The summed E-state index contributed by atoms with van der Waals surface area (Å²) in [5.74, 6) is 0. The first-order chi connectivity index (χ1) is 18.7. The van der Waals surface area contributed by atoms with Crippen LogP contribution in [0.15, 0.2) is 97.8 Å². The number of rotatable bonds is 6. The molecular formula is C31H25N7. The molecule has 0 amide bonds. The number of hydrogen-bond acceptors (Lipinski definition) is 4. The maximum Gasteiger partial charge on any atom is 0.139 e. The smallest absolute Gasteiger partial charge is 0.139 e. The molecule has 5 heterocycles. The third-order valence-electron chi connectivity index (χ3n) is 6.99. The van der Waals surface area contributed by atoms with E-state index in [4.69, 9.17) is 0 Å². The highest BCUT2D eigenvalue weighted by Gasteiger charge is 2.15. The van der Waals surface area contributed by atoms with Gasteiger partial charge in [-0.3, -0.25) is 10.1 Å². The molecule has 0 fully saturated rings. The normalized spacial score (nSPS) is 11.5. The summed E-state index contributed by atoms with van der Waals surface area (Å²) >= 11 is 0. The summed E-state index contributed by atoms with van der Waals surface area (Å²) in [7, 11) is 0. The molecule has 0 aliphatic heterocycles. The number of pyridine rings is 2. The Morgan fingerprint density at radius 1 is 0.816 bits per heavy atom. The van der Waals surface area contributed by atoms with E-state index in [-0.39, 0.29) is 0 Å². The standard InChI is InChI=1S/C31H25N7/c1-20-18-38(19-34-20)29-11-12-33-31-26(29)15-28(35-31)30-25-14-23(9-10-27(25)36-37-30)24-13-22(16-32-17-24)8-7-21-5-3-2-4-6-21/h2-6,9-19H,7-8H2,1H3,(H,33,35)(H,36,37). The molecule has 0 aliphatic rings. The molecule has 0 spiro atoms. The summed E-state index contributed by atoms with van der Waals surface area (Å²) < 4.78 is 2.02. The monoisotopic (exact) mass is 495 g/mol. The molecule has 0 saturated heterocycles. The lowest BCUT2D eigenvalue weighted by Gasteiger charge is -2.06. The summed E-state index contributed by atoms with van der Waals surface area (Å²) in [6.45, 7) is 1.99. The summed E-state index contributed by atoms with van der Waals surface area (Å²) in [5, 5.41) is 9.91. The number of H-pyrrole nitrogens is 2. The molecule has 0 unspecified atom stereocenters. The summed E-state index contributed by atoms with van der Waals surface area (Å²) in [4.78, 5) is 17.0. The van der Waals surface area contributed by atoms with Gasteiger partial charge in [-0.2, -0.15) is 5.10 Å². The fourth-order valence-corrected chi connectivity index (χ4v) is 5.03. The molecule has 0 radical (unpaired) electrons. The summed E-state index contributed by atoms with van der Waals surface area (Å²) in [6.07, 6.45) is 11.5. The number of aromatic amines is 2. The number of fused-ring (bicyclic) bond motifs is 2. The average molecular weight is 496 g/mol. The number of nitrogens with one attached hydrogen (secondary N) is 2. The molecule has 0 saturated carbocycles. The third kappa shape index (κ3) is 4.04. The van der Waals surface area contributed by atoms with Crippen molar-refractivity contribution in [1.29, 1.82) is 0 Å². The van der Waals surface area contributed by atoms with Crippen LogP contribution in [0.3, 0.4) is 0 Å². The van der Waals surface area contributed by atoms with Gasteiger partial charge in [-0.1, -0.05) is 36.4 Å². The van der Waals surface area contributed by atoms with Crippen molar-refractivity contribution in [2.45, 2.75) is 19.8 Å². The zero-order valence-electron chi connectivity index (χ0n) is 20.9. The minimum absolute atomic E-state index is 0.812. The van der Waals surface area contributed by atoms with E-state index in [2.05, 4.69) is 90.8 Å². The maximum absolute atomic E-state index is 4.66. The second-order valence-electron chi connectivity index (χ2n) is 9.60. The average Bonchev–Trinajstić information content (AvgIpc) is 3.70. The Morgan fingerprint density at radius 3 is 2.58 bits per heavy atom. The molecule has 184 valence electrons. The van der Waals surface area contributed by atoms with Crippen LogP contribution in [-0.4, -0.2) is 34.7 Å². The largest absolute Gasteiger partial charge is 0.338 e. The van der Waals surface area contributed by atoms with Gasteiger partial charge in [-0.25, -0.2) is 9.97 Å². The molecule has 7 rings (SSSR count). The minimum atomic E-state index is 0.812. The zero-order valence-corrected chi connectivity index (χ0v) is 20.9. The number of imidazole rings is 1. The lowest BCUT2D eigenvalue weighted by Crippen LogP contribution is -1.93. The molecule has 7 nitrogen and oxygen atoms in total. The van der Waals surface area contributed by atoms with E-state index in [0.717, 1.165) is 68.7 Å². The Morgan fingerprint density at radius 2 is 1.71 bits per heavy atom. The third-order valence-corrected chi connectivity index (χ3v) is 6.99. The topological polar surface area (TPSA) is 88.1 Å². The van der Waals surface area contributed by atoms with Gasteiger partial charge in [0.25, 0.3) is 0 Å². The zero-order chi connectivity index (χ0) is 25.5. The number of nitrogens with zero attached hydrogens (tertiary/aromatic N) is 5. The summed E-state index contributed by atoms with van der Waals surface area (Å²) in [6, 6.07) is 23.3. The lowest BCUT2D eigenvalue weighted by atomic mass is 10.0. The van der Waals surface area contributed by atoms with Gasteiger partial charge in [-0.15, -0.1) is 0 Å². The van der Waals surface area contributed by atoms with Crippen LogP contribution < -0.4 is 0 Å². The van der Waals surface area contributed by atoms with E-state index in [9.17, 15) is 0 Å². The van der Waals surface area contributed by atoms with Crippen LogP contribution in [0.4, 0.5) is 0 Å². The van der Waals surface area contributed by atoms with Gasteiger partial charge < -0.3 is 9.55 Å². The molecule has 2 aromatic carbocycles. The van der Waals surface area contributed by atoms with Crippen molar-refractivity contribution in [2.24, 2.45) is 0 Å². The van der Waals surface area contributed by atoms with E-state index < -0.39 is 0 Å². The van der Waals surface area contributed by atoms with Crippen molar-refractivity contribution < 1.29 is 0 Å². The van der Waals surface area contributed by atoms with E-state index in [1.54, 1.807) is 0 Å². The molecule has 0 bridgehead atoms. The lowest BCUT2D eigenvalue weighted by molar-refractivity contribution is 0.950. The predicted octanol–water partition coefficient (Wildman–Crippen LogP) is 6.45. The fraction of sp³-hybridized carbons (Fsp3) is 0.0968. The summed E-state index contributed by atoms with van der Waals surface area (Å²) in [5.41, 5.74) is 10.3. The van der Waals surface area contributed by atoms with Crippen molar-refractivity contribution in [3.05, 3.63) is 115 Å². The van der Waals surface area contributed by atoms with Crippen LogP contribution in [0.1, 0.15) is 16.8 Å². The van der Waals surface area contributed by atoms with Crippen molar-refractivity contribution in [1.82, 2.24) is 34.7 Å². The van der Waals surface area contributed by atoms with Crippen molar-refractivity contribution in [2.75, 3.05) is 0 Å². The Labute approximate surface area is 219 Å². The second-order valence-corrected chi connectivity index (χ2v) is 9.60. The Bertz CT molecular complexity index is 1890. The number of benzene rings is 2. The molecule has 0 atom stereocenters. The van der Waals surface area contributed by atoms with Gasteiger partial charge in [0.2, 0.25) is 0 Å².